The number of hydrogen-bond donors (Lipinski definition) is 2. The van der Waals surface area contributed by atoms with Crippen molar-refractivity contribution in [3.8, 4) is 0 Å². The summed E-state index contributed by atoms with van der Waals surface area (Å²) >= 11 is 0. The Balaban J connectivity index is 1.91. The van der Waals surface area contributed by atoms with Crippen LogP contribution in [-0.2, 0) is 4.79 Å². The number of rotatable bonds is 7. The average molecular weight is 416 g/mol. The van der Waals surface area contributed by atoms with Crippen LogP contribution in [0.15, 0.2) is 59.6 Å². The number of benzene rings is 2. The summed E-state index contributed by atoms with van der Waals surface area (Å²) < 4.78 is 41.8. The van der Waals surface area contributed by atoms with Crippen LogP contribution < -0.4 is 15.9 Å². The standard InChI is InChI=1S/C23H23F3N2O2/c1-2-7-17(16-8-4-3-5-9-16)14-22(30,23(24,25)26)15-27-19-10-6-11-20-18(19)12-13-21(29)28-20/h3-12,27,30H,2,13-15H2,1H3. The molecule has 2 aromatic rings. The molecule has 0 saturated heterocycles. The lowest BCUT2D eigenvalue weighted by molar-refractivity contribution is -0.252. The molecule has 1 aliphatic heterocycles. The Bertz CT molecular complexity index is 1060. The summed E-state index contributed by atoms with van der Waals surface area (Å²) in [5, 5.41) is 14.4. The topological polar surface area (TPSA) is 61.7 Å². The molecule has 0 aliphatic carbocycles. The molecule has 0 fully saturated rings. The summed E-state index contributed by atoms with van der Waals surface area (Å²) in [7, 11) is 0. The van der Waals surface area contributed by atoms with E-state index in [9.17, 15) is 23.1 Å². The number of halogens is 3. The van der Waals surface area contributed by atoms with Gasteiger partial charge in [0, 0.05) is 23.7 Å². The molecule has 2 aromatic carbocycles. The van der Waals surface area contributed by atoms with E-state index in [2.05, 4.69) is 10.3 Å². The maximum Gasteiger partial charge on any atom is 0.419 e. The molecule has 0 radical (unpaired) electrons. The molecule has 3 rings (SSSR count). The quantitative estimate of drug-likeness (QED) is 0.725. The molecule has 7 heteroatoms. The number of carbonyl (C=O) groups is 1. The van der Waals surface area contributed by atoms with E-state index in [-0.39, 0.29) is 12.3 Å². The Morgan fingerprint density at radius 3 is 2.57 bits per heavy atom. The number of nitrogens with one attached hydrogen (secondary N) is 1. The number of allylic oxidation sites excluding steroid dienone is 1. The van der Waals surface area contributed by atoms with Crippen molar-refractivity contribution in [1.82, 2.24) is 0 Å². The van der Waals surface area contributed by atoms with Crippen molar-refractivity contribution in [3.63, 3.8) is 0 Å². The van der Waals surface area contributed by atoms with E-state index < -0.39 is 24.7 Å². The van der Waals surface area contributed by atoms with Gasteiger partial charge in [-0.1, -0.05) is 55.5 Å². The summed E-state index contributed by atoms with van der Waals surface area (Å²) in [6.45, 7) is 1.10. The molecule has 158 valence electrons. The van der Waals surface area contributed by atoms with Crippen molar-refractivity contribution in [3.05, 3.63) is 70.7 Å². The molecular formula is C23H23F3N2O2. The van der Waals surface area contributed by atoms with Crippen LogP contribution >= 0.6 is 0 Å². The SMILES string of the molecule is CCC=C(CC(O)(CNc1cccc2c1=CCC(=O)N=2)C(F)(F)F)c1ccccc1. The molecule has 0 bridgehead atoms. The van der Waals surface area contributed by atoms with Crippen LogP contribution in [0.2, 0.25) is 0 Å². The van der Waals surface area contributed by atoms with E-state index >= 15 is 0 Å². The molecule has 30 heavy (non-hydrogen) atoms. The zero-order chi connectivity index (χ0) is 21.8. The molecule has 4 nitrogen and oxygen atoms in total. The minimum Gasteiger partial charge on any atom is -0.381 e. The van der Waals surface area contributed by atoms with Gasteiger partial charge in [0.2, 0.25) is 5.91 Å². The lowest BCUT2D eigenvalue weighted by atomic mass is 9.89. The molecule has 1 amide bonds. The summed E-state index contributed by atoms with van der Waals surface area (Å²) in [5.74, 6) is -0.302. The van der Waals surface area contributed by atoms with Crippen LogP contribution in [0.4, 0.5) is 18.9 Å². The van der Waals surface area contributed by atoms with E-state index in [1.807, 2.05) is 6.92 Å². The van der Waals surface area contributed by atoms with E-state index in [4.69, 9.17) is 0 Å². The molecule has 0 saturated carbocycles. The molecule has 1 atom stereocenters. The number of carbonyl (C=O) groups excluding carboxylic acids is 1. The number of nitrogens with zero attached hydrogens (tertiary/aromatic N) is 1. The monoisotopic (exact) mass is 416 g/mol. The highest BCUT2D eigenvalue weighted by atomic mass is 19.4. The Hall–Kier alpha value is -2.93. The Morgan fingerprint density at radius 2 is 1.90 bits per heavy atom. The number of amides is 1. The maximum atomic E-state index is 13.9. The van der Waals surface area contributed by atoms with Crippen molar-refractivity contribution in [2.75, 3.05) is 11.9 Å². The number of aliphatic hydroxyl groups is 1. The van der Waals surface area contributed by atoms with Gasteiger partial charge in [-0.15, -0.1) is 0 Å². The molecule has 0 spiro atoms. The van der Waals surface area contributed by atoms with Gasteiger partial charge in [0.25, 0.3) is 0 Å². The first kappa shape index (κ1) is 21.8. The fraction of sp³-hybridized carbons (Fsp3) is 0.304. The molecule has 1 aliphatic rings. The van der Waals surface area contributed by atoms with Gasteiger partial charge in [0.15, 0.2) is 5.60 Å². The van der Waals surface area contributed by atoms with Crippen molar-refractivity contribution in [2.45, 2.75) is 38.0 Å². The van der Waals surface area contributed by atoms with Crippen LogP contribution in [0.3, 0.4) is 0 Å². The maximum absolute atomic E-state index is 13.9. The highest BCUT2D eigenvalue weighted by molar-refractivity contribution is 5.83. The van der Waals surface area contributed by atoms with Gasteiger partial charge >= 0.3 is 6.18 Å². The fourth-order valence-electron chi connectivity index (χ4n) is 3.40. The first-order chi connectivity index (χ1) is 14.2. The van der Waals surface area contributed by atoms with Crippen LogP contribution in [-0.4, -0.2) is 29.3 Å². The zero-order valence-corrected chi connectivity index (χ0v) is 16.5. The van der Waals surface area contributed by atoms with Crippen molar-refractivity contribution in [2.24, 2.45) is 4.99 Å². The summed E-state index contributed by atoms with van der Waals surface area (Å²) in [6, 6.07) is 13.6. The lowest BCUT2D eigenvalue weighted by Crippen LogP contribution is -2.51. The summed E-state index contributed by atoms with van der Waals surface area (Å²) in [5.41, 5.74) is -1.51. The summed E-state index contributed by atoms with van der Waals surface area (Å²) in [4.78, 5) is 15.4. The minimum absolute atomic E-state index is 0.0899. The molecule has 1 heterocycles. The fourth-order valence-corrected chi connectivity index (χ4v) is 3.40. The number of fused-ring (bicyclic) bond motifs is 1. The van der Waals surface area contributed by atoms with Crippen LogP contribution in [0.1, 0.15) is 31.7 Å². The van der Waals surface area contributed by atoms with Crippen LogP contribution in [0.5, 0.6) is 0 Å². The van der Waals surface area contributed by atoms with Crippen LogP contribution in [0, 0.1) is 0 Å². The first-order valence-electron chi connectivity index (χ1n) is 9.72. The van der Waals surface area contributed by atoms with Gasteiger partial charge in [-0.2, -0.15) is 13.2 Å². The van der Waals surface area contributed by atoms with Gasteiger partial charge in [-0.25, -0.2) is 4.99 Å². The van der Waals surface area contributed by atoms with Gasteiger partial charge in [0.05, 0.1) is 11.9 Å². The predicted molar refractivity (Wildman–Crippen MR) is 110 cm³/mol. The largest absolute Gasteiger partial charge is 0.419 e. The molecular weight excluding hydrogens is 393 g/mol. The molecule has 0 aromatic heterocycles. The number of hydrogen-bond acceptors (Lipinski definition) is 3. The highest BCUT2D eigenvalue weighted by Gasteiger charge is 2.53. The second-order valence-electron chi connectivity index (χ2n) is 7.22. The summed E-state index contributed by atoms with van der Waals surface area (Å²) in [6.07, 6.45) is -1.46. The number of anilines is 1. The Morgan fingerprint density at radius 1 is 1.17 bits per heavy atom. The van der Waals surface area contributed by atoms with Crippen molar-refractivity contribution >= 4 is 23.2 Å². The number of alkyl halides is 3. The highest BCUT2D eigenvalue weighted by Crippen LogP contribution is 2.38. The minimum atomic E-state index is -4.85. The van der Waals surface area contributed by atoms with E-state index in [1.54, 1.807) is 60.7 Å². The third kappa shape index (κ3) is 4.79. The van der Waals surface area contributed by atoms with E-state index in [0.717, 1.165) is 0 Å². The van der Waals surface area contributed by atoms with Gasteiger partial charge in [-0.3, -0.25) is 4.79 Å². The third-order valence-corrected chi connectivity index (χ3v) is 4.99. The van der Waals surface area contributed by atoms with Crippen LogP contribution in [0.25, 0.3) is 11.6 Å². The first-order valence-corrected chi connectivity index (χ1v) is 9.72. The van der Waals surface area contributed by atoms with Crippen molar-refractivity contribution < 1.29 is 23.1 Å². The van der Waals surface area contributed by atoms with E-state index in [1.165, 1.54) is 0 Å². The van der Waals surface area contributed by atoms with Crippen molar-refractivity contribution in [1.29, 1.82) is 0 Å². The smallest absolute Gasteiger partial charge is 0.381 e. The van der Waals surface area contributed by atoms with Gasteiger partial charge in [-0.05, 0) is 29.7 Å². The third-order valence-electron chi connectivity index (χ3n) is 4.99. The van der Waals surface area contributed by atoms with E-state index in [0.29, 0.717) is 33.8 Å². The van der Waals surface area contributed by atoms with Gasteiger partial charge < -0.3 is 10.4 Å². The predicted octanol–water partition coefficient (Wildman–Crippen LogP) is 3.61. The zero-order valence-electron chi connectivity index (χ0n) is 16.5. The second-order valence-corrected chi connectivity index (χ2v) is 7.22. The Labute approximate surface area is 172 Å². The normalized spacial score (nSPS) is 16.2. The lowest BCUT2D eigenvalue weighted by Gasteiger charge is -2.32. The molecule has 2 N–H and O–H groups in total. The average Bonchev–Trinajstić information content (AvgIpc) is 2.71. The Kier molecular flexibility index (Phi) is 6.41. The molecule has 1 unspecified atom stereocenters. The van der Waals surface area contributed by atoms with Gasteiger partial charge in [0.1, 0.15) is 0 Å². The second kappa shape index (κ2) is 8.83.